The second kappa shape index (κ2) is 3.43. The van der Waals surface area contributed by atoms with Crippen molar-refractivity contribution in [3.63, 3.8) is 0 Å². The SMILES string of the molecule is CC(=O)N1C(=O)[C@@]2(C[C@@H]3C=C[C@H]2C3)NC(=O)[C@@H]1C. The number of carbonyl (C=O) groups excluding carboxylic acids is 3. The smallest absolute Gasteiger partial charge is 0.256 e. The van der Waals surface area contributed by atoms with Crippen molar-refractivity contribution in [3.8, 4) is 0 Å². The van der Waals surface area contributed by atoms with Crippen molar-refractivity contribution >= 4 is 17.7 Å². The van der Waals surface area contributed by atoms with Gasteiger partial charge in [0.2, 0.25) is 11.8 Å². The number of piperazine rings is 1. The Morgan fingerprint density at radius 3 is 2.67 bits per heavy atom. The molecule has 0 aromatic carbocycles. The third kappa shape index (κ3) is 1.24. The van der Waals surface area contributed by atoms with Gasteiger partial charge < -0.3 is 5.32 Å². The highest BCUT2D eigenvalue weighted by atomic mass is 16.2. The van der Waals surface area contributed by atoms with Crippen LogP contribution in [0.25, 0.3) is 0 Å². The average Bonchev–Trinajstić information content (AvgIpc) is 2.87. The molecule has 2 aliphatic carbocycles. The van der Waals surface area contributed by atoms with E-state index in [9.17, 15) is 14.4 Å². The summed E-state index contributed by atoms with van der Waals surface area (Å²) in [6.07, 6.45) is 5.62. The Morgan fingerprint density at radius 2 is 2.17 bits per heavy atom. The fourth-order valence-electron chi connectivity index (χ4n) is 3.55. The lowest BCUT2D eigenvalue weighted by molar-refractivity contribution is -0.162. The summed E-state index contributed by atoms with van der Waals surface area (Å²) in [6, 6.07) is -0.705. The van der Waals surface area contributed by atoms with Crippen molar-refractivity contribution < 1.29 is 14.4 Å². The van der Waals surface area contributed by atoms with E-state index in [0.29, 0.717) is 12.3 Å². The van der Waals surface area contributed by atoms with Crippen molar-refractivity contribution in [1.29, 1.82) is 0 Å². The fourth-order valence-corrected chi connectivity index (χ4v) is 3.55. The number of imide groups is 1. The molecule has 1 saturated heterocycles. The number of carbonyl (C=O) groups is 3. The summed E-state index contributed by atoms with van der Waals surface area (Å²) >= 11 is 0. The molecule has 0 unspecified atom stereocenters. The number of allylic oxidation sites excluding steroid dienone is 1. The number of amides is 3. The first kappa shape index (κ1) is 11.4. The fraction of sp³-hybridized carbons (Fsp3) is 0.615. The predicted octanol–water partition coefficient (Wildman–Crippen LogP) is 0.215. The topological polar surface area (TPSA) is 66.5 Å². The maximum Gasteiger partial charge on any atom is 0.256 e. The largest absolute Gasteiger partial charge is 0.339 e. The molecular weight excluding hydrogens is 232 g/mol. The molecule has 3 rings (SSSR count). The number of fused-ring (bicyclic) bond motifs is 3. The Morgan fingerprint density at radius 1 is 1.44 bits per heavy atom. The Bertz CT molecular complexity index is 485. The van der Waals surface area contributed by atoms with Gasteiger partial charge in [0.25, 0.3) is 5.91 Å². The van der Waals surface area contributed by atoms with Gasteiger partial charge in [-0.25, -0.2) is 0 Å². The monoisotopic (exact) mass is 248 g/mol. The van der Waals surface area contributed by atoms with Gasteiger partial charge in [-0.05, 0) is 25.7 Å². The van der Waals surface area contributed by atoms with Crippen LogP contribution < -0.4 is 5.32 Å². The zero-order chi connectivity index (χ0) is 13.1. The maximum absolute atomic E-state index is 12.6. The number of nitrogens with zero attached hydrogens (tertiary/aromatic N) is 1. The summed E-state index contributed by atoms with van der Waals surface area (Å²) < 4.78 is 0. The van der Waals surface area contributed by atoms with Gasteiger partial charge >= 0.3 is 0 Å². The van der Waals surface area contributed by atoms with Crippen LogP contribution in [0.5, 0.6) is 0 Å². The summed E-state index contributed by atoms with van der Waals surface area (Å²) in [5.41, 5.74) is -0.866. The van der Waals surface area contributed by atoms with Gasteiger partial charge in [0, 0.05) is 12.8 Å². The zero-order valence-electron chi connectivity index (χ0n) is 10.5. The van der Waals surface area contributed by atoms with Crippen LogP contribution in [-0.4, -0.2) is 34.2 Å². The third-order valence-corrected chi connectivity index (χ3v) is 4.44. The molecule has 1 heterocycles. The van der Waals surface area contributed by atoms with Gasteiger partial charge in [0.05, 0.1) is 0 Å². The molecule has 3 aliphatic rings. The van der Waals surface area contributed by atoms with E-state index in [4.69, 9.17) is 0 Å². The minimum absolute atomic E-state index is 0.0355. The van der Waals surface area contributed by atoms with Gasteiger partial charge in [-0.1, -0.05) is 12.2 Å². The summed E-state index contributed by atoms with van der Waals surface area (Å²) in [5, 5.41) is 2.87. The molecule has 18 heavy (non-hydrogen) atoms. The van der Waals surface area contributed by atoms with Crippen LogP contribution in [0.2, 0.25) is 0 Å². The molecule has 5 heteroatoms. The average molecular weight is 248 g/mol. The van der Waals surface area contributed by atoms with Gasteiger partial charge in [-0.2, -0.15) is 0 Å². The number of hydrogen-bond donors (Lipinski definition) is 1. The van der Waals surface area contributed by atoms with Crippen molar-refractivity contribution in [1.82, 2.24) is 10.2 Å². The van der Waals surface area contributed by atoms with E-state index in [-0.39, 0.29) is 23.6 Å². The highest BCUT2D eigenvalue weighted by Gasteiger charge is 2.59. The lowest BCUT2D eigenvalue weighted by Gasteiger charge is -2.44. The molecular formula is C13H16N2O3. The normalized spacial score (nSPS) is 41.7. The van der Waals surface area contributed by atoms with Crippen LogP contribution in [0, 0.1) is 11.8 Å². The van der Waals surface area contributed by atoms with Gasteiger partial charge in [-0.15, -0.1) is 0 Å². The first-order chi connectivity index (χ1) is 8.45. The second-order valence-electron chi connectivity index (χ2n) is 5.52. The van der Waals surface area contributed by atoms with E-state index >= 15 is 0 Å². The Hall–Kier alpha value is -1.65. The molecule has 1 aliphatic heterocycles. The number of rotatable bonds is 0. The highest BCUT2D eigenvalue weighted by molar-refractivity contribution is 6.08. The molecule has 1 saturated carbocycles. The molecule has 96 valence electrons. The van der Waals surface area contributed by atoms with Crippen molar-refractivity contribution in [2.24, 2.45) is 11.8 Å². The molecule has 0 radical (unpaired) electrons. The predicted molar refractivity (Wildman–Crippen MR) is 63.2 cm³/mol. The van der Waals surface area contributed by atoms with E-state index in [1.54, 1.807) is 6.92 Å². The quantitative estimate of drug-likeness (QED) is 0.623. The maximum atomic E-state index is 12.6. The molecule has 5 nitrogen and oxygen atoms in total. The standard InChI is InChI=1S/C13H16N2O3/c1-7-11(17)14-13(12(18)15(7)8(2)16)6-9-3-4-10(13)5-9/h3-4,7,9-10H,5-6H2,1-2H3,(H,14,17)/t7-,9+,10-,13-/m0/s1. The zero-order valence-corrected chi connectivity index (χ0v) is 10.5. The van der Waals surface area contributed by atoms with E-state index in [1.165, 1.54) is 6.92 Å². The van der Waals surface area contributed by atoms with Crippen molar-refractivity contribution in [2.45, 2.75) is 38.3 Å². The second-order valence-corrected chi connectivity index (χ2v) is 5.52. The van der Waals surface area contributed by atoms with Gasteiger partial charge in [0.1, 0.15) is 11.6 Å². The summed E-state index contributed by atoms with van der Waals surface area (Å²) in [4.78, 5) is 37.3. The number of hydrogen-bond acceptors (Lipinski definition) is 3. The Labute approximate surface area is 105 Å². The Balaban J connectivity index is 2.02. The third-order valence-electron chi connectivity index (χ3n) is 4.44. The van der Waals surface area contributed by atoms with Crippen molar-refractivity contribution in [3.05, 3.63) is 12.2 Å². The van der Waals surface area contributed by atoms with Gasteiger partial charge in [0.15, 0.2) is 0 Å². The van der Waals surface area contributed by atoms with Crippen LogP contribution in [0.4, 0.5) is 0 Å². The molecule has 0 aromatic rings. The minimum Gasteiger partial charge on any atom is -0.339 e. The molecule has 3 amide bonds. The lowest BCUT2D eigenvalue weighted by atomic mass is 9.80. The molecule has 2 fully saturated rings. The molecule has 1 N–H and O–H groups in total. The molecule has 4 atom stereocenters. The van der Waals surface area contributed by atoms with Crippen molar-refractivity contribution in [2.75, 3.05) is 0 Å². The first-order valence-corrected chi connectivity index (χ1v) is 6.30. The lowest BCUT2D eigenvalue weighted by Crippen LogP contribution is -2.71. The van der Waals surface area contributed by atoms with Crippen LogP contribution in [-0.2, 0) is 14.4 Å². The van der Waals surface area contributed by atoms with E-state index in [1.807, 2.05) is 6.08 Å². The molecule has 2 bridgehead atoms. The van der Waals surface area contributed by atoms with Crippen LogP contribution >= 0.6 is 0 Å². The highest BCUT2D eigenvalue weighted by Crippen LogP contribution is 2.48. The van der Waals surface area contributed by atoms with Crippen LogP contribution in [0.15, 0.2) is 12.2 Å². The summed E-state index contributed by atoms with van der Waals surface area (Å²) in [5.74, 6) is -0.437. The first-order valence-electron chi connectivity index (χ1n) is 6.30. The summed E-state index contributed by atoms with van der Waals surface area (Å²) in [6.45, 7) is 2.92. The molecule has 0 aromatic heterocycles. The van der Waals surface area contributed by atoms with E-state index in [2.05, 4.69) is 11.4 Å². The van der Waals surface area contributed by atoms with Crippen LogP contribution in [0.1, 0.15) is 26.7 Å². The summed E-state index contributed by atoms with van der Waals surface area (Å²) in [7, 11) is 0. The van der Waals surface area contributed by atoms with E-state index in [0.717, 1.165) is 11.3 Å². The Kier molecular flexibility index (Phi) is 2.18. The van der Waals surface area contributed by atoms with Crippen LogP contribution in [0.3, 0.4) is 0 Å². The van der Waals surface area contributed by atoms with E-state index < -0.39 is 11.6 Å². The van der Waals surface area contributed by atoms with Gasteiger partial charge in [-0.3, -0.25) is 19.3 Å². The number of nitrogens with one attached hydrogen (secondary N) is 1. The molecule has 1 spiro atoms. The minimum atomic E-state index is -0.866.